The van der Waals surface area contributed by atoms with E-state index in [9.17, 15) is 19.8 Å². The Morgan fingerprint density at radius 1 is 1.22 bits per heavy atom. The summed E-state index contributed by atoms with van der Waals surface area (Å²) >= 11 is 6.27. The second-order valence-corrected chi connectivity index (χ2v) is 10.8. The first-order valence-corrected chi connectivity index (χ1v) is 12.2. The molecule has 1 saturated carbocycles. The van der Waals surface area contributed by atoms with E-state index in [1.165, 1.54) is 6.07 Å². The molecule has 180 valence electrons. The first kappa shape index (κ1) is 25.2. The van der Waals surface area contributed by atoms with Crippen LogP contribution in [0.5, 0.6) is 0 Å². The van der Waals surface area contributed by atoms with Crippen molar-refractivity contribution in [2.24, 2.45) is 5.92 Å². The van der Waals surface area contributed by atoms with Crippen LogP contribution in [-0.4, -0.2) is 63.0 Å². The lowest BCUT2D eigenvalue weighted by molar-refractivity contribution is -0.0878. The fourth-order valence-corrected chi connectivity index (χ4v) is 5.18. The molecule has 1 aliphatic carbocycles. The molecule has 1 aliphatic heterocycles. The van der Waals surface area contributed by atoms with Gasteiger partial charge in [-0.3, -0.25) is 9.59 Å². The number of amides is 1. The highest BCUT2D eigenvalue weighted by Crippen LogP contribution is 2.35. The number of nitrogens with zero attached hydrogens (tertiary/aromatic N) is 2. The SMILES string of the molecule is Cc1c(Cl)cc(C(=O)NCC2CCN(C[C@]3(O)CC[C@](C)(O)CC3)CC2)c(=O)n1C(C)C. The summed E-state index contributed by atoms with van der Waals surface area (Å²) in [4.78, 5) is 27.8. The van der Waals surface area contributed by atoms with Gasteiger partial charge in [-0.25, -0.2) is 0 Å². The summed E-state index contributed by atoms with van der Waals surface area (Å²) in [5.74, 6) is -0.0394. The molecule has 1 saturated heterocycles. The number of β-amino-alcohol motifs (C(OH)–C–C–N with tert-alkyl or cyclic N) is 1. The van der Waals surface area contributed by atoms with Crippen LogP contribution in [-0.2, 0) is 0 Å². The maximum absolute atomic E-state index is 12.8. The molecule has 0 bridgehead atoms. The molecule has 1 aromatic rings. The molecule has 1 aromatic heterocycles. The van der Waals surface area contributed by atoms with Crippen LogP contribution < -0.4 is 10.9 Å². The van der Waals surface area contributed by atoms with Crippen molar-refractivity contribution in [1.82, 2.24) is 14.8 Å². The van der Waals surface area contributed by atoms with Crippen LogP contribution in [0.1, 0.15) is 81.4 Å². The number of nitrogens with one attached hydrogen (secondary N) is 1. The van der Waals surface area contributed by atoms with Crippen molar-refractivity contribution < 1.29 is 15.0 Å². The van der Waals surface area contributed by atoms with Crippen LogP contribution >= 0.6 is 11.6 Å². The second kappa shape index (κ2) is 9.84. The van der Waals surface area contributed by atoms with Gasteiger partial charge in [0.2, 0.25) is 0 Å². The van der Waals surface area contributed by atoms with E-state index in [4.69, 9.17) is 11.6 Å². The molecule has 0 atom stereocenters. The van der Waals surface area contributed by atoms with Crippen LogP contribution in [0.3, 0.4) is 0 Å². The van der Waals surface area contributed by atoms with Crippen LogP contribution in [0.4, 0.5) is 0 Å². The van der Waals surface area contributed by atoms with Gasteiger partial charge in [0.05, 0.1) is 16.2 Å². The van der Waals surface area contributed by atoms with E-state index >= 15 is 0 Å². The normalized spacial score (nSPS) is 27.6. The summed E-state index contributed by atoms with van der Waals surface area (Å²) in [5.41, 5.74) is -0.933. The standard InChI is InChI=1S/C24H38ClN3O4/c1-16(2)28-17(3)20(25)13-19(22(28)30)21(29)26-14-18-5-11-27(12-6-18)15-24(32)9-7-23(4,31)8-10-24/h13,16,18,31-32H,5-12,14-15H2,1-4H3,(H,26,29)/t23-,24-. The van der Waals surface area contributed by atoms with E-state index in [0.29, 0.717) is 55.4 Å². The molecule has 3 rings (SSSR count). The molecule has 2 heterocycles. The predicted molar refractivity (Wildman–Crippen MR) is 126 cm³/mol. The highest BCUT2D eigenvalue weighted by atomic mass is 35.5. The molecule has 32 heavy (non-hydrogen) atoms. The third-order valence-corrected chi connectivity index (χ3v) is 7.61. The third kappa shape index (κ3) is 5.93. The van der Waals surface area contributed by atoms with E-state index in [1.54, 1.807) is 11.5 Å². The van der Waals surface area contributed by atoms with Gasteiger partial charge in [0.1, 0.15) is 5.56 Å². The lowest BCUT2D eigenvalue weighted by atomic mass is 9.76. The molecule has 3 N–H and O–H groups in total. The minimum Gasteiger partial charge on any atom is -0.390 e. The van der Waals surface area contributed by atoms with Crippen molar-refractivity contribution in [2.75, 3.05) is 26.2 Å². The molecule has 0 radical (unpaired) electrons. The van der Waals surface area contributed by atoms with Gasteiger partial charge in [-0.05, 0) is 91.3 Å². The summed E-state index contributed by atoms with van der Waals surface area (Å²) in [6.45, 7) is 10.3. The maximum Gasteiger partial charge on any atom is 0.263 e. The van der Waals surface area contributed by atoms with Gasteiger partial charge in [-0.2, -0.15) is 0 Å². The van der Waals surface area contributed by atoms with Gasteiger partial charge < -0.3 is 25.0 Å². The van der Waals surface area contributed by atoms with E-state index < -0.39 is 11.2 Å². The highest BCUT2D eigenvalue weighted by molar-refractivity contribution is 6.31. The van der Waals surface area contributed by atoms with E-state index in [1.807, 2.05) is 20.8 Å². The lowest BCUT2D eigenvalue weighted by Gasteiger charge is -2.43. The van der Waals surface area contributed by atoms with Crippen molar-refractivity contribution in [1.29, 1.82) is 0 Å². The highest BCUT2D eigenvalue weighted by Gasteiger charge is 2.39. The molecule has 0 aromatic carbocycles. The Labute approximate surface area is 195 Å². The number of halogens is 1. The fourth-order valence-electron chi connectivity index (χ4n) is 4.98. The van der Waals surface area contributed by atoms with E-state index in [0.717, 1.165) is 25.9 Å². The molecule has 2 aliphatic rings. The Morgan fingerprint density at radius 2 is 1.81 bits per heavy atom. The predicted octanol–water partition coefficient (Wildman–Crippen LogP) is 2.89. The van der Waals surface area contributed by atoms with Gasteiger partial charge in [0, 0.05) is 24.8 Å². The summed E-state index contributed by atoms with van der Waals surface area (Å²) in [6.07, 6.45) is 4.38. The fraction of sp³-hybridized carbons (Fsp3) is 0.750. The Bertz CT molecular complexity index is 878. The monoisotopic (exact) mass is 467 g/mol. The first-order valence-electron chi connectivity index (χ1n) is 11.8. The number of pyridine rings is 1. The van der Waals surface area contributed by atoms with Crippen molar-refractivity contribution in [3.8, 4) is 0 Å². The Morgan fingerprint density at radius 3 is 2.38 bits per heavy atom. The molecule has 2 fully saturated rings. The number of aromatic nitrogens is 1. The zero-order valence-electron chi connectivity index (χ0n) is 19.8. The van der Waals surface area contributed by atoms with Crippen molar-refractivity contribution in [3.63, 3.8) is 0 Å². The molecule has 1 amide bonds. The van der Waals surface area contributed by atoms with Gasteiger partial charge in [-0.15, -0.1) is 0 Å². The van der Waals surface area contributed by atoms with Gasteiger partial charge in [-0.1, -0.05) is 11.6 Å². The molecule has 0 unspecified atom stereocenters. The topological polar surface area (TPSA) is 94.8 Å². The second-order valence-electron chi connectivity index (χ2n) is 10.4. The van der Waals surface area contributed by atoms with Gasteiger partial charge in [0.15, 0.2) is 0 Å². The molecule has 0 spiro atoms. The average molecular weight is 468 g/mol. The molecule has 8 heteroatoms. The minimum absolute atomic E-state index is 0.0813. The summed E-state index contributed by atoms with van der Waals surface area (Å²) < 4.78 is 1.56. The summed E-state index contributed by atoms with van der Waals surface area (Å²) in [6, 6.07) is 1.39. The number of hydrogen-bond donors (Lipinski definition) is 3. The zero-order valence-corrected chi connectivity index (χ0v) is 20.5. The number of carbonyl (C=O) groups excluding carboxylic acids is 1. The summed E-state index contributed by atoms with van der Waals surface area (Å²) in [7, 11) is 0. The van der Waals surface area contributed by atoms with E-state index in [2.05, 4.69) is 10.2 Å². The lowest BCUT2D eigenvalue weighted by Crippen LogP contribution is -2.50. The summed E-state index contributed by atoms with van der Waals surface area (Å²) in [5, 5.41) is 24.4. The van der Waals surface area contributed by atoms with Gasteiger partial charge in [0.25, 0.3) is 11.5 Å². The number of likely N-dealkylation sites (tertiary alicyclic amines) is 1. The molecule has 7 nitrogen and oxygen atoms in total. The smallest absolute Gasteiger partial charge is 0.263 e. The quantitative estimate of drug-likeness (QED) is 0.598. The third-order valence-electron chi connectivity index (χ3n) is 7.22. The maximum atomic E-state index is 12.8. The average Bonchev–Trinajstić information content (AvgIpc) is 2.72. The Hall–Kier alpha value is -1.41. The van der Waals surface area contributed by atoms with Gasteiger partial charge >= 0.3 is 0 Å². The van der Waals surface area contributed by atoms with Crippen molar-refractivity contribution >= 4 is 17.5 Å². The Balaban J connectivity index is 1.50. The molecular weight excluding hydrogens is 430 g/mol. The number of aliphatic hydroxyl groups is 2. The van der Waals surface area contributed by atoms with Crippen LogP contribution in [0, 0.1) is 12.8 Å². The first-order chi connectivity index (χ1) is 14.9. The van der Waals surface area contributed by atoms with Crippen molar-refractivity contribution in [3.05, 3.63) is 32.7 Å². The zero-order chi connectivity index (χ0) is 23.7. The number of rotatable bonds is 6. The number of hydrogen-bond acceptors (Lipinski definition) is 5. The van der Waals surface area contributed by atoms with Crippen LogP contribution in [0.15, 0.2) is 10.9 Å². The number of carbonyl (C=O) groups is 1. The molecular formula is C24H38ClN3O4. The Kier molecular flexibility index (Phi) is 7.75. The van der Waals surface area contributed by atoms with Crippen LogP contribution in [0.2, 0.25) is 5.02 Å². The van der Waals surface area contributed by atoms with Crippen LogP contribution in [0.25, 0.3) is 0 Å². The number of piperidine rings is 1. The largest absolute Gasteiger partial charge is 0.390 e. The minimum atomic E-state index is -0.718. The van der Waals surface area contributed by atoms with Crippen molar-refractivity contribution in [2.45, 2.75) is 83.5 Å². The van der Waals surface area contributed by atoms with E-state index in [-0.39, 0.29) is 23.1 Å².